The predicted octanol–water partition coefficient (Wildman–Crippen LogP) is 1.23. The predicted molar refractivity (Wildman–Crippen MR) is 80.0 cm³/mol. The molecule has 3 heterocycles. The molecule has 21 heavy (non-hydrogen) atoms. The van der Waals surface area contributed by atoms with Crippen LogP contribution in [0.25, 0.3) is 0 Å². The van der Waals surface area contributed by atoms with Crippen molar-refractivity contribution in [1.82, 2.24) is 24.6 Å². The average molecular weight is 306 g/mol. The van der Waals surface area contributed by atoms with Crippen molar-refractivity contribution in [2.75, 3.05) is 11.9 Å². The van der Waals surface area contributed by atoms with Gasteiger partial charge in [-0.2, -0.15) is 5.10 Å². The summed E-state index contributed by atoms with van der Waals surface area (Å²) in [6.07, 6.45) is 7.13. The summed E-state index contributed by atoms with van der Waals surface area (Å²) in [6, 6.07) is 0.147. The zero-order valence-electron chi connectivity index (χ0n) is 11.8. The Balaban J connectivity index is 1.62. The molecule has 1 amide bonds. The van der Waals surface area contributed by atoms with E-state index >= 15 is 0 Å². The van der Waals surface area contributed by atoms with Crippen LogP contribution in [-0.4, -0.2) is 49.2 Å². The van der Waals surface area contributed by atoms with Crippen LogP contribution < -0.4 is 5.32 Å². The third-order valence-electron chi connectivity index (χ3n) is 3.83. The maximum atomic E-state index is 12.3. The van der Waals surface area contributed by atoms with Crippen molar-refractivity contribution in [1.29, 1.82) is 0 Å². The van der Waals surface area contributed by atoms with Crippen molar-refractivity contribution in [2.45, 2.75) is 38.4 Å². The lowest BCUT2D eigenvalue weighted by atomic mass is 10.2. The number of likely N-dealkylation sites (tertiary alicyclic amines) is 1. The van der Waals surface area contributed by atoms with Crippen LogP contribution in [0.3, 0.4) is 0 Å². The minimum atomic E-state index is -0.176. The van der Waals surface area contributed by atoms with E-state index in [0.717, 1.165) is 25.9 Å². The first-order valence-electron chi connectivity index (χ1n) is 7.02. The third kappa shape index (κ3) is 3.27. The molecule has 1 N–H and O–H groups in total. The quantitative estimate of drug-likeness (QED) is 0.899. The molecule has 0 spiro atoms. The van der Waals surface area contributed by atoms with Gasteiger partial charge in [-0.3, -0.25) is 14.4 Å². The molecule has 0 aliphatic carbocycles. The van der Waals surface area contributed by atoms with Gasteiger partial charge in [0, 0.05) is 17.6 Å². The highest BCUT2D eigenvalue weighted by molar-refractivity contribution is 7.13. The van der Waals surface area contributed by atoms with Gasteiger partial charge in [0.05, 0.1) is 12.6 Å². The van der Waals surface area contributed by atoms with Crippen LogP contribution in [0.4, 0.5) is 5.13 Å². The Bertz CT molecular complexity index is 570. The van der Waals surface area contributed by atoms with E-state index in [4.69, 9.17) is 0 Å². The maximum absolute atomic E-state index is 12.3. The van der Waals surface area contributed by atoms with E-state index in [0.29, 0.717) is 11.2 Å². The summed E-state index contributed by atoms with van der Waals surface area (Å²) in [4.78, 5) is 22.6. The molecule has 3 rings (SSSR count). The van der Waals surface area contributed by atoms with Crippen molar-refractivity contribution in [2.24, 2.45) is 0 Å². The van der Waals surface area contributed by atoms with Crippen molar-refractivity contribution in [3.05, 3.63) is 24.2 Å². The molecule has 2 aromatic rings. The van der Waals surface area contributed by atoms with E-state index in [1.165, 1.54) is 17.7 Å². The zero-order chi connectivity index (χ0) is 14.7. The van der Waals surface area contributed by atoms with Gasteiger partial charge in [-0.15, -0.1) is 11.3 Å². The monoisotopic (exact) mass is 306 g/mol. The summed E-state index contributed by atoms with van der Waals surface area (Å²) in [7, 11) is 0. The Morgan fingerprint density at radius 1 is 1.62 bits per heavy atom. The zero-order valence-corrected chi connectivity index (χ0v) is 12.7. The molecule has 0 unspecified atom stereocenters. The van der Waals surface area contributed by atoms with Crippen LogP contribution in [-0.2, 0) is 11.3 Å². The summed E-state index contributed by atoms with van der Waals surface area (Å²) < 4.78 is 1.83. The second kappa shape index (κ2) is 6.31. The van der Waals surface area contributed by atoms with Crippen molar-refractivity contribution < 1.29 is 4.79 Å². The summed E-state index contributed by atoms with van der Waals surface area (Å²) in [6.45, 7) is 3.66. The lowest BCUT2D eigenvalue weighted by molar-refractivity contribution is -0.121. The number of rotatable bonds is 5. The van der Waals surface area contributed by atoms with Crippen LogP contribution in [0.15, 0.2) is 24.2 Å². The van der Waals surface area contributed by atoms with Gasteiger partial charge in [0.1, 0.15) is 12.7 Å². The molecule has 1 fully saturated rings. The number of amides is 1. The van der Waals surface area contributed by atoms with Crippen molar-refractivity contribution >= 4 is 22.4 Å². The number of hydrogen-bond acceptors (Lipinski definition) is 6. The van der Waals surface area contributed by atoms with Crippen LogP contribution in [0.1, 0.15) is 19.8 Å². The van der Waals surface area contributed by atoms with Gasteiger partial charge < -0.3 is 5.32 Å². The van der Waals surface area contributed by atoms with Crippen LogP contribution in [0.5, 0.6) is 0 Å². The molecule has 7 nitrogen and oxygen atoms in total. The molecule has 0 bridgehead atoms. The second-order valence-electron chi connectivity index (χ2n) is 5.15. The van der Waals surface area contributed by atoms with Gasteiger partial charge in [-0.25, -0.2) is 9.97 Å². The van der Waals surface area contributed by atoms with Gasteiger partial charge in [-0.05, 0) is 26.3 Å². The summed E-state index contributed by atoms with van der Waals surface area (Å²) in [5, 5.41) is 9.52. The van der Waals surface area contributed by atoms with E-state index in [2.05, 4.69) is 25.3 Å². The molecule has 1 saturated heterocycles. The fourth-order valence-corrected chi connectivity index (χ4v) is 3.28. The number of nitrogens with one attached hydrogen (secondary N) is 1. The smallest absolute Gasteiger partial charge is 0.243 e. The molecule has 2 atom stereocenters. The lowest BCUT2D eigenvalue weighted by Crippen LogP contribution is -2.46. The molecular formula is C13H18N6OS. The number of anilines is 1. The van der Waals surface area contributed by atoms with Gasteiger partial charge >= 0.3 is 0 Å². The first-order chi connectivity index (χ1) is 10.2. The molecular weight excluding hydrogens is 288 g/mol. The molecule has 8 heteroatoms. The fraction of sp³-hybridized carbons (Fsp3) is 0.538. The Labute approximate surface area is 127 Å². The average Bonchev–Trinajstić information content (AvgIpc) is 3.20. The molecule has 0 radical (unpaired) electrons. The maximum Gasteiger partial charge on any atom is 0.243 e. The van der Waals surface area contributed by atoms with Gasteiger partial charge in [0.2, 0.25) is 5.91 Å². The number of thiazole rings is 1. The second-order valence-corrected chi connectivity index (χ2v) is 6.05. The highest BCUT2D eigenvalue weighted by atomic mass is 32.1. The van der Waals surface area contributed by atoms with E-state index < -0.39 is 0 Å². The highest BCUT2D eigenvalue weighted by Crippen LogP contribution is 2.22. The number of aromatic nitrogens is 4. The molecule has 1 aliphatic rings. The van der Waals surface area contributed by atoms with Crippen molar-refractivity contribution in [3.8, 4) is 0 Å². The SMILES string of the molecule is C[C@@H](C(=O)Nc1nccs1)N1CCC[C@H]1Cn1cncn1. The van der Waals surface area contributed by atoms with Crippen molar-refractivity contribution in [3.63, 3.8) is 0 Å². The Morgan fingerprint density at radius 2 is 2.52 bits per heavy atom. The standard InChI is InChI=1S/C13H18N6OS/c1-10(12(20)17-13-15-4-6-21-13)19-5-2-3-11(19)7-18-9-14-8-16-18/h4,6,8-11H,2-3,5,7H2,1H3,(H,15,17,20)/t10-,11-/m0/s1. The van der Waals surface area contributed by atoms with E-state index in [-0.39, 0.29) is 11.9 Å². The number of nitrogens with zero attached hydrogens (tertiary/aromatic N) is 5. The molecule has 0 saturated carbocycles. The Hall–Kier alpha value is -1.80. The summed E-state index contributed by atoms with van der Waals surface area (Å²) in [5.41, 5.74) is 0. The third-order valence-corrected chi connectivity index (χ3v) is 4.51. The summed E-state index contributed by atoms with van der Waals surface area (Å²) in [5.74, 6) is -0.00422. The minimum Gasteiger partial charge on any atom is -0.301 e. The topological polar surface area (TPSA) is 75.9 Å². The van der Waals surface area contributed by atoms with E-state index in [1.54, 1.807) is 12.5 Å². The molecule has 0 aromatic carbocycles. The Kier molecular flexibility index (Phi) is 4.26. The minimum absolute atomic E-state index is 0.00422. The van der Waals surface area contributed by atoms with E-state index in [1.807, 2.05) is 17.0 Å². The van der Waals surface area contributed by atoms with Crippen LogP contribution >= 0.6 is 11.3 Å². The van der Waals surface area contributed by atoms with Crippen LogP contribution in [0, 0.1) is 0 Å². The van der Waals surface area contributed by atoms with E-state index in [9.17, 15) is 4.79 Å². The molecule has 2 aromatic heterocycles. The highest BCUT2D eigenvalue weighted by Gasteiger charge is 2.32. The number of carbonyl (C=O) groups excluding carboxylic acids is 1. The summed E-state index contributed by atoms with van der Waals surface area (Å²) >= 11 is 1.43. The van der Waals surface area contributed by atoms with Gasteiger partial charge in [0.15, 0.2) is 5.13 Å². The fourth-order valence-electron chi connectivity index (χ4n) is 2.75. The number of hydrogen-bond donors (Lipinski definition) is 1. The van der Waals surface area contributed by atoms with Crippen LogP contribution in [0.2, 0.25) is 0 Å². The molecule has 1 aliphatic heterocycles. The Morgan fingerprint density at radius 3 is 3.24 bits per heavy atom. The largest absolute Gasteiger partial charge is 0.301 e. The lowest BCUT2D eigenvalue weighted by Gasteiger charge is -2.29. The normalized spacial score (nSPS) is 20.5. The van der Waals surface area contributed by atoms with Gasteiger partial charge in [-0.1, -0.05) is 0 Å². The number of carbonyl (C=O) groups is 1. The molecule has 112 valence electrons. The first-order valence-corrected chi connectivity index (χ1v) is 7.90. The van der Waals surface area contributed by atoms with Gasteiger partial charge in [0.25, 0.3) is 0 Å². The first kappa shape index (κ1) is 14.2.